The molecule has 2 heterocycles. The molecule has 3 rings (SSSR count). The number of carbonyl (C=O) groups excluding carboxylic acids is 1. The minimum atomic E-state index is -0.866. The van der Waals surface area contributed by atoms with Gasteiger partial charge in [0.2, 0.25) is 0 Å². The minimum absolute atomic E-state index is 0.155. The summed E-state index contributed by atoms with van der Waals surface area (Å²) in [5.41, 5.74) is 0. The Balaban J connectivity index is 1.67. The van der Waals surface area contributed by atoms with E-state index in [1.807, 2.05) is 18.2 Å². The number of ether oxygens (including phenoxy) is 1. The summed E-state index contributed by atoms with van der Waals surface area (Å²) < 4.78 is 11.0. The summed E-state index contributed by atoms with van der Waals surface area (Å²) in [6.07, 6.45) is 1.27. The number of nitrogens with zero attached hydrogens (tertiary/aromatic N) is 1. The van der Waals surface area contributed by atoms with Crippen molar-refractivity contribution in [1.82, 2.24) is 4.90 Å². The summed E-state index contributed by atoms with van der Waals surface area (Å²) in [4.78, 5) is 25.0. The molecule has 6 heteroatoms. The van der Waals surface area contributed by atoms with Crippen LogP contribution < -0.4 is 4.74 Å². The van der Waals surface area contributed by atoms with Crippen LogP contribution in [0.4, 0.5) is 0 Å². The molecule has 0 unspecified atom stereocenters. The van der Waals surface area contributed by atoms with Crippen LogP contribution in [0.2, 0.25) is 0 Å². The van der Waals surface area contributed by atoms with Crippen molar-refractivity contribution in [3.63, 3.8) is 0 Å². The average Bonchev–Trinajstić information content (AvgIpc) is 3.03. The molecule has 1 atom stereocenters. The number of amides is 1. The van der Waals surface area contributed by atoms with Crippen molar-refractivity contribution in [2.75, 3.05) is 13.1 Å². The summed E-state index contributed by atoms with van der Waals surface area (Å²) in [6, 6.07) is 12.2. The van der Waals surface area contributed by atoms with Gasteiger partial charge in [-0.25, -0.2) is 0 Å². The first-order valence-electron chi connectivity index (χ1n) is 7.48. The highest BCUT2D eigenvalue weighted by atomic mass is 16.6. The van der Waals surface area contributed by atoms with E-state index in [2.05, 4.69) is 0 Å². The van der Waals surface area contributed by atoms with Gasteiger partial charge >= 0.3 is 5.97 Å². The van der Waals surface area contributed by atoms with Crippen LogP contribution in [0, 0.1) is 5.92 Å². The van der Waals surface area contributed by atoms with E-state index in [1.165, 1.54) is 4.90 Å². The van der Waals surface area contributed by atoms with E-state index in [0.717, 1.165) is 0 Å². The van der Waals surface area contributed by atoms with Gasteiger partial charge in [-0.2, -0.15) is 0 Å². The Morgan fingerprint density at radius 1 is 1.17 bits per heavy atom. The second-order valence-corrected chi connectivity index (χ2v) is 5.46. The summed E-state index contributed by atoms with van der Waals surface area (Å²) in [7, 11) is 0. The number of likely N-dealkylation sites (tertiary alicyclic amines) is 1. The topological polar surface area (TPSA) is 80.0 Å². The molecule has 0 bridgehead atoms. The molecule has 0 spiro atoms. The summed E-state index contributed by atoms with van der Waals surface area (Å²) in [5, 5.41) is 9.10. The minimum Gasteiger partial charge on any atom is -0.481 e. The number of benzene rings is 1. The number of hydrogen-bond donors (Lipinski definition) is 1. The van der Waals surface area contributed by atoms with Gasteiger partial charge in [-0.3, -0.25) is 9.59 Å². The Morgan fingerprint density at radius 2 is 1.96 bits per heavy atom. The summed E-state index contributed by atoms with van der Waals surface area (Å²) in [6.45, 7) is 0.752. The van der Waals surface area contributed by atoms with Gasteiger partial charge in [0.1, 0.15) is 5.75 Å². The number of aliphatic carboxylic acids is 1. The molecule has 0 aliphatic carbocycles. The molecule has 1 aromatic carbocycles. The molecule has 6 nitrogen and oxygen atoms in total. The van der Waals surface area contributed by atoms with Crippen molar-refractivity contribution in [2.24, 2.45) is 5.92 Å². The molecule has 1 N–H and O–H groups in total. The van der Waals surface area contributed by atoms with Gasteiger partial charge in [0.25, 0.3) is 11.9 Å². The van der Waals surface area contributed by atoms with E-state index in [4.69, 9.17) is 14.3 Å². The zero-order valence-electron chi connectivity index (χ0n) is 12.5. The first-order valence-corrected chi connectivity index (χ1v) is 7.48. The Kier molecular flexibility index (Phi) is 4.32. The van der Waals surface area contributed by atoms with Crippen molar-refractivity contribution >= 4 is 11.9 Å². The molecule has 2 aromatic rings. The van der Waals surface area contributed by atoms with Crippen LogP contribution in [0.3, 0.4) is 0 Å². The molecule has 1 aliphatic rings. The van der Waals surface area contributed by atoms with Crippen LogP contribution in [0.15, 0.2) is 46.9 Å². The van der Waals surface area contributed by atoms with Gasteiger partial charge in [-0.15, -0.1) is 0 Å². The maximum atomic E-state index is 12.4. The Bertz CT molecular complexity index is 694. The van der Waals surface area contributed by atoms with Crippen LogP contribution >= 0.6 is 0 Å². The first kappa shape index (κ1) is 15.1. The maximum Gasteiger partial charge on any atom is 0.308 e. The van der Waals surface area contributed by atoms with Gasteiger partial charge in [-0.1, -0.05) is 18.2 Å². The molecule has 23 heavy (non-hydrogen) atoms. The van der Waals surface area contributed by atoms with Crippen LogP contribution in [0.5, 0.6) is 11.7 Å². The fourth-order valence-corrected chi connectivity index (χ4v) is 2.61. The normalized spacial score (nSPS) is 17.7. The van der Waals surface area contributed by atoms with Crippen LogP contribution in [0.25, 0.3) is 0 Å². The lowest BCUT2D eigenvalue weighted by atomic mass is 9.98. The first-order chi connectivity index (χ1) is 11.1. The van der Waals surface area contributed by atoms with Crippen LogP contribution in [-0.4, -0.2) is 35.0 Å². The summed E-state index contributed by atoms with van der Waals surface area (Å²) in [5.74, 6) is -0.685. The highest BCUT2D eigenvalue weighted by Crippen LogP contribution is 2.25. The fourth-order valence-electron chi connectivity index (χ4n) is 2.61. The zero-order chi connectivity index (χ0) is 16.2. The molecule has 1 saturated heterocycles. The lowest BCUT2D eigenvalue weighted by Gasteiger charge is -2.29. The quantitative estimate of drug-likeness (QED) is 0.938. The van der Waals surface area contributed by atoms with Gasteiger partial charge in [0.05, 0.1) is 5.92 Å². The van der Waals surface area contributed by atoms with Gasteiger partial charge in [-0.05, 0) is 31.0 Å². The summed E-state index contributed by atoms with van der Waals surface area (Å²) >= 11 is 0. The highest BCUT2D eigenvalue weighted by Gasteiger charge is 2.30. The largest absolute Gasteiger partial charge is 0.481 e. The van der Waals surface area contributed by atoms with E-state index < -0.39 is 11.9 Å². The van der Waals surface area contributed by atoms with Gasteiger partial charge in [0.15, 0.2) is 5.76 Å². The number of furan rings is 1. The third-order valence-corrected chi connectivity index (χ3v) is 3.81. The molecular weight excluding hydrogens is 298 g/mol. The smallest absolute Gasteiger partial charge is 0.308 e. The van der Waals surface area contributed by atoms with E-state index in [0.29, 0.717) is 25.1 Å². The lowest BCUT2D eigenvalue weighted by Crippen LogP contribution is -2.42. The highest BCUT2D eigenvalue weighted by molar-refractivity contribution is 5.92. The predicted molar refractivity (Wildman–Crippen MR) is 81.5 cm³/mol. The third-order valence-electron chi connectivity index (χ3n) is 3.81. The number of carboxylic acids is 1. The number of rotatable bonds is 4. The van der Waals surface area contributed by atoms with Crippen molar-refractivity contribution in [3.8, 4) is 11.7 Å². The Hall–Kier alpha value is -2.76. The van der Waals surface area contributed by atoms with Crippen molar-refractivity contribution in [1.29, 1.82) is 0 Å². The second kappa shape index (κ2) is 6.56. The molecule has 1 aliphatic heterocycles. The van der Waals surface area contributed by atoms with E-state index >= 15 is 0 Å². The molecule has 0 saturated carbocycles. The molecular formula is C17H17NO5. The molecule has 1 amide bonds. The molecule has 120 valence electrons. The number of piperidine rings is 1. The van der Waals surface area contributed by atoms with Crippen LogP contribution in [0.1, 0.15) is 23.4 Å². The van der Waals surface area contributed by atoms with Crippen molar-refractivity contribution in [2.45, 2.75) is 12.8 Å². The van der Waals surface area contributed by atoms with Gasteiger partial charge in [0, 0.05) is 19.2 Å². The van der Waals surface area contributed by atoms with E-state index in [1.54, 1.807) is 24.3 Å². The van der Waals surface area contributed by atoms with Crippen molar-refractivity contribution in [3.05, 3.63) is 48.2 Å². The molecule has 1 aromatic heterocycles. The monoisotopic (exact) mass is 315 g/mol. The fraction of sp³-hybridized carbons (Fsp3) is 0.294. The average molecular weight is 315 g/mol. The predicted octanol–water partition coefficient (Wildman–Crippen LogP) is 3.01. The Morgan fingerprint density at radius 3 is 2.70 bits per heavy atom. The lowest BCUT2D eigenvalue weighted by molar-refractivity contribution is -0.143. The molecule has 1 fully saturated rings. The number of carbonyl (C=O) groups is 2. The number of carboxylic acid groups (broad SMARTS) is 1. The van der Waals surface area contributed by atoms with Crippen LogP contribution in [-0.2, 0) is 4.79 Å². The standard InChI is InChI=1S/C17H17NO5/c19-16(18-10-4-5-12(11-18)17(20)21)14-8-9-15(23-14)22-13-6-2-1-3-7-13/h1-3,6-9,12H,4-5,10-11H2,(H,20,21)/t12-/m1/s1. The third kappa shape index (κ3) is 3.53. The SMILES string of the molecule is O=C(O)[C@@H]1CCCN(C(=O)c2ccc(Oc3ccccc3)o2)C1. The number of para-hydroxylation sites is 1. The van der Waals surface area contributed by atoms with Gasteiger partial charge < -0.3 is 19.2 Å². The molecule has 0 radical (unpaired) electrons. The zero-order valence-corrected chi connectivity index (χ0v) is 12.5. The maximum absolute atomic E-state index is 12.4. The Labute approximate surface area is 133 Å². The number of hydrogen-bond acceptors (Lipinski definition) is 4. The van der Waals surface area contributed by atoms with E-state index in [9.17, 15) is 9.59 Å². The second-order valence-electron chi connectivity index (χ2n) is 5.46. The van der Waals surface area contributed by atoms with E-state index in [-0.39, 0.29) is 24.2 Å². The van der Waals surface area contributed by atoms with Crippen molar-refractivity contribution < 1.29 is 23.8 Å².